The maximum Gasteiger partial charge on any atom is 0.380 e. The molecule has 3 aliphatic carbocycles. The maximum absolute atomic E-state index is 12.5. The Labute approximate surface area is 395 Å². The molecule has 6 aromatic rings. The standard InChI is InChI=1S/C16H19NO4S2.C15H17NO4S2.C14H15NO4S2/c17-23(19,20)21-11-8-9-13-12-6-4-2-1-3-5-7-14(12)16(18)22-15(13)10-11;16-22(18,19)20-10-7-8-12-11-5-3-1-2-4-6-13(11)15(17)21-14(12)9-10;15-21(17,18)19-9-6-7-11-10-4-2-1-3-5-12(10)14(16)20-13(11)8-9/h8-10H,1-7H2,(H2,17,19,20);7-9H,1-6H2,(H2,16,18,19);6-8H,1-5H2,(H2,15,17,18). The second kappa shape index (κ2) is 21.3. The van der Waals surface area contributed by atoms with Gasteiger partial charge in [-0.05, 0) is 164 Å². The van der Waals surface area contributed by atoms with Crippen LogP contribution in [0.15, 0.2) is 69.0 Å². The molecule has 0 spiro atoms. The van der Waals surface area contributed by atoms with E-state index in [0.29, 0.717) is 0 Å². The maximum atomic E-state index is 12.5. The van der Waals surface area contributed by atoms with Gasteiger partial charge in [0.1, 0.15) is 17.2 Å². The minimum atomic E-state index is -4.06. The van der Waals surface area contributed by atoms with Crippen LogP contribution in [0.1, 0.15) is 110 Å². The molecule has 0 unspecified atom stereocenters. The largest absolute Gasteiger partial charge is 0.380 e. The van der Waals surface area contributed by atoms with E-state index in [2.05, 4.69) is 4.18 Å². The van der Waals surface area contributed by atoms with Gasteiger partial charge in [-0.15, -0.1) is 0 Å². The molecule has 0 aliphatic heterocycles. The molecular formula is C45H51N3O12S6. The Morgan fingerprint density at radius 1 is 0.348 bits per heavy atom. The van der Waals surface area contributed by atoms with Gasteiger partial charge in [-0.25, -0.2) is 0 Å². The van der Waals surface area contributed by atoms with Crippen LogP contribution in [0, 0.1) is 0 Å². The second-order valence-electron chi connectivity index (χ2n) is 16.5. The van der Waals surface area contributed by atoms with Crippen molar-refractivity contribution in [2.75, 3.05) is 0 Å². The van der Waals surface area contributed by atoms with E-state index >= 15 is 0 Å². The molecule has 6 N–H and O–H groups in total. The van der Waals surface area contributed by atoms with Gasteiger partial charge in [0, 0.05) is 30.8 Å². The average molecular weight is 1020 g/mol. The highest BCUT2D eigenvalue weighted by Crippen LogP contribution is 2.34. The van der Waals surface area contributed by atoms with Crippen LogP contribution in [0.5, 0.6) is 17.2 Å². The lowest BCUT2D eigenvalue weighted by Gasteiger charge is -2.15. The van der Waals surface area contributed by atoms with E-state index in [0.717, 1.165) is 181 Å². The van der Waals surface area contributed by atoms with Crippen molar-refractivity contribution >= 4 is 95.2 Å². The molecule has 0 atom stereocenters. The second-order valence-corrected chi connectivity index (χ2v) is 23.0. The minimum absolute atomic E-state index is 0.0622. The summed E-state index contributed by atoms with van der Waals surface area (Å²) in [5.74, 6) is 0.407. The van der Waals surface area contributed by atoms with Crippen LogP contribution < -0.4 is 42.2 Å². The number of hydrogen-bond donors (Lipinski definition) is 3. The summed E-state index contributed by atoms with van der Waals surface area (Å²) >= 11 is 3.42. The number of aryl methyl sites for hydroxylation is 3. The smallest absolute Gasteiger partial charge is 0.371 e. The topological polar surface area (TPSA) is 259 Å². The lowest BCUT2D eigenvalue weighted by molar-refractivity contribution is 0.486. The number of nitrogens with two attached hydrogens (primary N) is 3. The number of hydrogen-bond acceptors (Lipinski definition) is 15. The molecule has 9 rings (SSSR count). The van der Waals surface area contributed by atoms with Crippen LogP contribution in [-0.2, 0) is 69.4 Å². The van der Waals surface area contributed by atoms with E-state index in [1.54, 1.807) is 36.4 Å². The van der Waals surface area contributed by atoms with Gasteiger partial charge in [0.2, 0.25) is 14.2 Å². The highest BCUT2D eigenvalue weighted by atomic mass is 32.2. The molecule has 15 nitrogen and oxygen atoms in total. The Hall–Kier alpha value is -4.32. The molecule has 3 aromatic heterocycles. The fraction of sp³-hybridized carbons (Fsp3) is 0.400. The summed E-state index contributed by atoms with van der Waals surface area (Å²) < 4.78 is 82.6. The quantitative estimate of drug-likeness (QED) is 0.137. The molecule has 0 radical (unpaired) electrons. The highest BCUT2D eigenvalue weighted by Gasteiger charge is 2.19. The molecule has 354 valence electrons. The van der Waals surface area contributed by atoms with Gasteiger partial charge in [-0.3, -0.25) is 14.4 Å². The Bertz CT molecular complexity index is 3310. The molecule has 3 aromatic carbocycles. The first-order valence-corrected chi connectivity index (χ1v) is 28.6. The van der Waals surface area contributed by atoms with E-state index in [-0.39, 0.29) is 31.5 Å². The summed E-state index contributed by atoms with van der Waals surface area (Å²) in [6, 6.07) is 15.0. The molecule has 3 aliphatic rings. The Morgan fingerprint density at radius 3 is 0.833 bits per heavy atom. The van der Waals surface area contributed by atoms with Crippen molar-refractivity contribution in [1.82, 2.24) is 0 Å². The van der Waals surface area contributed by atoms with Crippen molar-refractivity contribution in [2.24, 2.45) is 15.4 Å². The normalized spacial score (nSPS) is 15.9. The first kappa shape index (κ1) is 49.6. The van der Waals surface area contributed by atoms with Gasteiger partial charge in [-0.1, -0.05) is 72.5 Å². The molecule has 0 saturated heterocycles. The van der Waals surface area contributed by atoms with Crippen molar-refractivity contribution in [2.45, 2.75) is 116 Å². The van der Waals surface area contributed by atoms with Crippen LogP contribution in [0.3, 0.4) is 0 Å². The van der Waals surface area contributed by atoms with E-state index in [9.17, 15) is 39.6 Å². The fourth-order valence-corrected chi connectivity index (χ4v) is 13.1. The van der Waals surface area contributed by atoms with E-state index in [4.69, 9.17) is 23.8 Å². The van der Waals surface area contributed by atoms with Crippen molar-refractivity contribution < 1.29 is 37.8 Å². The summed E-state index contributed by atoms with van der Waals surface area (Å²) in [5, 5.41) is 17.7. The third-order valence-electron chi connectivity index (χ3n) is 11.7. The van der Waals surface area contributed by atoms with E-state index < -0.39 is 30.9 Å². The van der Waals surface area contributed by atoms with Crippen molar-refractivity contribution in [3.8, 4) is 17.2 Å². The zero-order chi connectivity index (χ0) is 47.2. The number of fused-ring (bicyclic) bond motifs is 9. The summed E-state index contributed by atoms with van der Waals surface area (Å²) in [4.78, 5) is 37.1. The van der Waals surface area contributed by atoms with Gasteiger partial charge < -0.3 is 12.5 Å². The summed E-state index contributed by atoms with van der Waals surface area (Å²) in [7, 11) is -12.2. The van der Waals surface area contributed by atoms with Crippen molar-refractivity contribution in [3.63, 3.8) is 0 Å². The third-order valence-corrected chi connectivity index (χ3v) is 16.0. The lowest BCUT2D eigenvalue weighted by Crippen LogP contribution is -2.19. The van der Waals surface area contributed by atoms with Crippen LogP contribution in [0.25, 0.3) is 30.3 Å². The molecule has 0 amide bonds. The molecule has 21 heteroatoms. The number of rotatable bonds is 6. The SMILES string of the molecule is NS(=O)(=O)Oc1ccc2c3c(c(=O)sc2c1)CCCCC3.NS(=O)(=O)Oc1ccc2c3c(c(=O)sc2c1)CCCCCC3.NS(=O)(=O)Oc1ccc2c3c(c(=O)sc2c1)CCCCCCC3. The lowest BCUT2D eigenvalue weighted by atomic mass is 9.93. The average Bonchev–Trinajstić information content (AvgIpc) is 3.39. The van der Waals surface area contributed by atoms with Crippen LogP contribution in [0.2, 0.25) is 0 Å². The van der Waals surface area contributed by atoms with Gasteiger partial charge in [0.15, 0.2) is 0 Å². The van der Waals surface area contributed by atoms with Gasteiger partial charge in [0.25, 0.3) is 0 Å². The van der Waals surface area contributed by atoms with E-state index in [1.165, 1.54) is 32.1 Å². The van der Waals surface area contributed by atoms with Crippen molar-refractivity contribution in [3.05, 3.63) is 117 Å². The summed E-state index contributed by atoms with van der Waals surface area (Å²) in [6.45, 7) is 0. The Morgan fingerprint density at radius 2 is 0.576 bits per heavy atom. The Balaban J connectivity index is 0.000000147. The third kappa shape index (κ3) is 13.2. The van der Waals surface area contributed by atoms with Gasteiger partial charge >= 0.3 is 30.9 Å². The monoisotopic (exact) mass is 1020 g/mol. The predicted molar refractivity (Wildman–Crippen MR) is 263 cm³/mol. The first-order valence-electron chi connectivity index (χ1n) is 21.7. The Kier molecular flexibility index (Phi) is 16.0. The molecule has 3 heterocycles. The van der Waals surface area contributed by atoms with Gasteiger partial charge in [0.05, 0.1) is 0 Å². The highest BCUT2D eigenvalue weighted by molar-refractivity contribution is 7.85. The number of benzene rings is 3. The van der Waals surface area contributed by atoms with Crippen LogP contribution in [0.4, 0.5) is 0 Å². The zero-order valence-corrected chi connectivity index (χ0v) is 40.9. The summed E-state index contributed by atoms with van der Waals surface area (Å²) in [6.07, 6.45) is 18.6. The van der Waals surface area contributed by atoms with Gasteiger partial charge in [-0.2, -0.15) is 40.7 Å². The zero-order valence-electron chi connectivity index (χ0n) is 36.0. The predicted octanol–water partition coefficient (Wildman–Crippen LogP) is 7.51. The molecule has 0 fully saturated rings. The van der Waals surface area contributed by atoms with E-state index in [1.807, 2.05) is 18.2 Å². The molecule has 0 saturated carbocycles. The van der Waals surface area contributed by atoms with Crippen LogP contribution >= 0.6 is 34.0 Å². The fourth-order valence-electron chi connectivity index (χ4n) is 8.90. The molecule has 66 heavy (non-hydrogen) atoms. The molecular weight excluding hydrogens is 967 g/mol. The van der Waals surface area contributed by atoms with Crippen LogP contribution in [-0.4, -0.2) is 25.3 Å². The summed E-state index contributed by atoms with van der Waals surface area (Å²) in [5.41, 5.74) is 6.12. The first-order chi connectivity index (χ1) is 31.3. The van der Waals surface area contributed by atoms with Crippen molar-refractivity contribution in [1.29, 1.82) is 0 Å². The molecule has 0 bridgehead atoms. The minimum Gasteiger partial charge on any atom is -0.371 e.